The van der Waals surface area contributed by atoms with Crippen molar-refractivity contribution >= 4 is 35.5 Å². The second kappa shape index (κ2) is 11.8. The fourth-order valence-corrected chi connectivity index (χ4v) is 5.17. The predicted octanol–water partition coefficient (Wildman–Crippen LogP) is 9.07. The molecule has 7 aromatic carbocycles. The largest absolute Gasteiger partial charge is 0.168 e. The maximum absolute atomic E-state index is 2.24. The topological polar surface area (TPSA) is 0 Å². The number of rotatable bonds is 2. The summed E-state index contributed by atoms with van der Waals surface area (Å²) in [6.07, 6.45) is 0. The van der Waals surface area contributed by atoms with Gasteiger partial charge in [-0.25, -0.2) is 0 Å². The Kier molecular flexibility index (Phi) is 7.91. The third kappa shape index (κ3) is 5.76. The van der Waals surface area contributed by atoms with E-state index in [-0.39, 0.29) is 0 Å². The molecule has 0 atom stereocenters. The summed E-state index contributed by atoms with van der Waals surface area (Å²) in [4.78, 5) is 0. The summed E-state index contributed by atoms with van der Waals surface area (Å²) in [5.41, 5.74) is 2.66. The molecule has 0 fully saturated rings. The number of fused-ring (bicyclic) bond motifs is 4. The van der Waals surface area contributed by atoms with E-state index >= 15 is 0 Å². The minimum Gasteiger partial charge on any atom is -0.168 e. The molecule has 0 N–H and O–H groups in total. The van der Waals surface area contributed by atoms with Gasteiger partial charge in [0.25, 0.3) is 0 Å². The standard InChI is InChI=1S/C13H9.C13H10.C9H7.Zr/c1-3-7-12-10(5-1)9-11-6-2-4-8-13(11)12;1-3-7-12(8-4-1)11-13-9-5-2-6-10-13;1-2-5-9-7-3-6-8(9)4-1;/h1-9H;1-10H;1-7H;/q-1;;-1;+2. The van der Waals surface area contributed by atoms with Gasteiger partial charge in [0.15, 0.2) is 0 Å². The van der Waals surface area contributed by atoms with Crippen LogP contribution in [-0.4, -0.2) is 3.21 Å². The number of hydrogen-bond donors (Lipinski definition) is 0. The van der Waals surface area contributed by atoms with E-state index in [1.54, 1.807) is 0 Å². The second-order valence-electron chi connectivity index (χ2n) is 8.58. The number of benzene rings is 5. The van der Waals surface area contributed by atoms with Crippen molar-refractivity contribution in [1.82, 2.24) is 0 Å². The Balaban J connectivity index is 0.000000114. The van der Waals surface area contributed by atoms with Gasteiger partial charge in [-0.2, -0.15) is 17.5 Å². The molecule has 0 aliphatic carbocycles. The molecule has 0 saturated carbocycles. The molecule has 0 aliphatic heterocycles. The van der Waals surface area contributed by atoms with E-state index in [9.17, 15) is 0 Å². The van der Waals surface area contributed by atoms with Crippen molar-refractivity contribution in [2.45, 2.75) is 0 Å². The average Bonchev–Trinajstić information content (AvgIpc) is 3.59. The van der Waals surface area contributed by atoms with Gasteiger partial charge in [-0.3, -0.25) is 0 Å². The van der Waals surface area contributed by atoms with Gasteiger partial charge in [-0.15, -0.1) is 69.4 Å². The van der Waals surface area contributed by atoms with Crippen molar-refractivity contribution in [1.29, 1.82) is 0 Å². The first kappa shape index (κ1) is 24.0. The van der Waals surface area contributed by atoms with E-state index in [0.717, 1.165) is 0 Å². The van der Waals surface area contributed by atoms with Crippen LogP contribution in [0.15, 0.2) is 158 Å². The maximum atomic E-state index is 2.24. The Labute approximate surface area is 227 Å². The molecule has 0 unspecified atom stereocenters. The Hall–Kier alpha value is -3.67. The van der Waals surface area contributed by atoms with Gasteiger partial charge in [-0.05, 0) is 0 Å². The van der Waals surface area contributed by atoms with Crippen LogP contribution in [0.25, 0.3) is 32.3 Å². The van der Waals surface area contributed by atoms with Gasteiger partial charge in [0.05, 0.1) is 0 Å². The van der Waals surface area contributed by atoms with Crippen molar-refractivity contribution in [3.63, 3.8) is 0 Å². The van der Waals surface area contributed by atoms with Crippen molar-refractivity contribution < 1.29 is 24.2 Å². The fraction of sp³-hybridized carbons (Fsp3) is 0. The van der Waals surface area contributed by atoms with E-state index in [1.807, 2.05) is 0 Å². The zero-order chi connectivity index (χ0) is 24.6. The van der Waals surface area contributed by atoms with E-state index in [2.05, 4.69) is 158 Å². The van der Waals surface area contributed by atoms with Crippen molar-refractivity contribution in [3.05, 3.63) is 169 Å². The molecule has 0 nitrogen and oxygen atoms in total. The van der Waals surface area contributed by atoms with Gasteiger partial charge in [0.2, 0.25) is 0 Å². The summed E-state index contributed by atoms with van der Waals surface area (Å²) in [6.45, 7) is 0. The zero-order valence-corrected chi connectivity index (χ0v) is 22.5. The molecule has 0 aliphatic rings. The minimum atomic E-state index is 1.33. The summed E-state index contributed by atoms with van der Waals surface area (Å²) in [5, 5.41) is 8.05. The Morgan fingerprint density at radius 3 is 1.42 bits per heavy atom. The van der Waals surface area contributed by atoms with Gasteiger partial charge in [0, 0.05) is 0 Å². The van der Waals surface area contributed by atoms with Gasteiger partial charge < -0.3 is 0 Å². The molecule has 7 aromatic rings. The molecular formula is C35H26Zr. The second-order valence-corrected chi connectivity index (χ2v) is 9.81. The van der Waals surface area contributed by atoms with Crippen molar-refractivity contribution in [3.8, 4) is 0 Å². The SMILES string of the molecule is [Zr+2]=[C](c1ccccc1)c1ccccc1.c1ccc2[cH-]ccc2c1.c1ccc2c(c1)[cH-]c1ccccc12. The van der Waals surface area contributed by atoms with Crippen LogP contribution in [0.4, 0.5) is 0 Å². The quantitative estimate of drug-likeness (QED) is 0.193. The molecule has 36 heavy (non-hydrogen) atoms. The molecule has 0 radical (unpaired) electrons. The Morgan fingerprint density at radius 1 is 0.444 bits per heavy atom. The van der Waals surface area contributed by atoms with E-state index in [0.29, 0.717) is 0 Å². The van der Waals surface area contributed by atoms with Crippen LogP contribution in [0, 0.1) is 0 Å². The van der Waals surface area contributed by atoms with Crippen molar-refractivity contribution in [2.24, 2.45) is 0 Å². The first-order valence-electron chi connectivity index (χ1n) is 12.1. The summed E-state index contributed by atoms with van der Waals surface area (Å²) >= 11 is 1.46. The molecule has 7 rings (SSSR count). The predicted molar refractivity (Wildman–Crippen MR) is 153 cm³/mol. The van der Waals surface area contributed by atoms with Crippen LogP contribution < -0.4 is 0 Å². The Bertz CT molecular complexity index is 1560. The monoisotopic (exact) mass is 536 g/mol. The van der Waals surface area contributed by atoms with Gasteiger partial charge >= 0.3 is 99.2 Å². The summed E-state index contributed by atoms with van der Waals surface area (Å²) in [7, 11) is 0. The molecule has 1 heteroatoms. The maximum Gasteiger partial charge on any atom is -0.0771 e. The smallest absolute Gasteiger partial charge is 0.0771 e. The van der Waals surface area contributed by atoms with E-state index in [1.165, 1.54) is 70.9 Å². The van der Waals surface area contributed by atoms with Crippen LogP contribution in [0.1, 0.15) is 11.1 Å². The summed E-state index contributed by atoms with van der Waals surface area (Å²) in [5.74, 6) is 0. The van der Waals surface area contributed by atoms with E-state index in [4.69, 9.17) is 0 Å². The molecule has 0 aromatic heterocycles. The number of hydrogen-bond acceptors (Lipinski definition) is 0. The van der Waals surface area contributed by atoms with E-state index < -0.39 is 0 Å². The molecule has 0 amide bonds. The first-order chi connectivity index (χ1) is 17.8. The minimum absolute atomic E-state index is 1.33. The molecule has 0 saturated heterocycles. The van der Waals surface area contributed by atoms with Crippen LogP contribution in [-0.2, 0) is 24.2 Å². The fourth-order valence-electron chi connectivity index (χ4n) is 4.35. The van der Waals surface area contributed by atoms with Crippen LogP contribution >= 0.6 is 0 Å². The van der Waals surface area contributed by atoms with Crippen LogP contribution in [0.2, 0.25) is 0 Å². The van der Waals surface area contributed by atoms with Crippen LogP contribution in [0.5, 0.6) is 0 Å². The van der Waals surface area contributed by atoms with Gasteiger partial charge in [0.1, 0.15) is 0 Å². The molecule has 0 bridgehead atoms. The van der Waals surface area contributed by atoms with Gasteiger partial charge in [-0.1, -0.05) is 42.5 Å². The third-order valence-electron chi connectivity index (χ3n) is 6.20. The van der Waals surface area contributed by atoms with Crippen LogP contribution in [0.3, 0.4) is 0 Å². The average molecular weight is 538 g/mol. The summed E-state index contributed by atoms with van der Waals surface area (Å²) in [6, 6.07) is 55.0. The normalized spacial score (nSPS) is 10.4. The first-order valence-corrected chi connectivity index (χ1v) is 13.4. The molecular weight excluding hydrogens is 512 g/mol. The Morgan fingerprint density at radius 2 is 0.889 bits per heavy atom. The third-order valence-corrected chi connectivity index (χ3v) is 7.61. The zero-order valence-electron chi connectivity index (χ0n) is 20.0. The molecule has 170 valence electrons. The molecule has 0 heterocycles. The molecule has 0 spiro atoms. The van der Waals surface area contributed by atoms with Crippen molar-refractivity contribution in [2.75, 3.05) is 0 Å². The summed E-state index contributed by atoms with van der Waals surface area (Å²) < 4.78 is 1.42.